The van der Waals surface area contributed by atoms with Gasteiger partial charge in [-0.25, -0.2) is 8.42 Å². The van der Waals surface area contributed by atoms with E-state index < -0.39 is 10.0 Å². The molecule has 1 saturated heterocycles. The Morgan fingerprint density at radius 2 is 1.88 bits per heavy atom. The second-order valence-electron chi connectivity index (χ2n) is 6.45. The second kappa shape index (κ2) is 7.92. The molecule has 0 radical (unpaired) electrons. The molecule has 0 saturated carbocycles. The van der Waals surface area contributed by atoms with Gasteiger partial charge in [-0.15, -0.1) is 11.8 Å². The minimum Gasteiger partial charge on any atom is -0.496 e. The van der Waals surface area contributed by atoms with Crippen LogP contribution in [0.1, 0.15) is 36.3 Å². The number of sulfonamides is 1. The van der Waals surface area contributed by atoms with Crippen molar-refractivity contribution in [3.63, 3.8) is 0 Å². The number of thioether (sulfide) groups is 1. The largest absolute Gasteiger partial charge is 0.496 e. The van der Waals surface area contributed by atoms with Gasteiger partial charge in [0.2, 0.25) is 10.0 Å². The molecule has 4 nitrogen and oxygen atoms in total. The lowest BCUT2D eigenvalue weighted by Gasteiger charge is -2.25. The Kier molecular flexibility index (Phi) is 6.01. The maximum atomic E-state index is 13.2. The van der Waals surface area contributed by atoms with Crippen molar-refractivity contribution >= 4 is 37.7 Å². The molecule has 0 spiro atoms. The van der Waals surface area contributed by atoms with Crippen LogP contribution in [0, 0.1) is 0 Å². The summed E-state index contributed by atoms with van der Waals surface area (Å²) in [6, 6.07) is 12.9. The molecular weight excluding hydrogens is 434 g/mol. The first kappa shape index (κ1) is 19.7. The predicted molar refractivity (Wildman–Crippen MR) is 110 cm³/mol. The zero-order chi connectivity index (χ0) is 18.9. The molecule has 0 aromatic heterocycles. The van der Waals surface area contributed by atoms with Crippen LogP contribution in [0.2, 0.25) is 0 Å². The third-order valence-electron chi connectivity index (χ3n) is 4.46. The number of nitrogens with zero attached hydrogens (tertiary/aromatic N) is 1. The Labute approximate surface area is 168 Å². The monoisotopic (exact) mass is 455 g/mol. The predicted octanol–water partition coefficient (Wildman–Crippen LogP) is 5.02. The van der Waals surface area contributed by atoms with Crippen molar-refractivity contribution in [3.8, 4) is 5.75 Å². The topological polar surface area (TPSA) is 46.6 Å². The minimum atomic E-state index is -3.57. The fraction of sp³-hybridized carbons (Fsp3) is 0.368. The molecule has 2 aromatic rings. The molecule has 0 aliphatic carbocycles. The van der Waals surface area contributed by atoms with E-state index in [4.69, 9.17) is 4.74 Å². The van der Waals surface area contributed by atoms with E-state index in [1.807, 2.05) is 30.3 Å². The highest BCUT2D eigenvalue weighted by Gasteiger charge is 2.38. The third-order valence-corrected chi connectivity index (χ3v) is 8.21. The Morgan fingerprint density at radius 1 is 1.19 bits per heavy atom. The molecule has 1 aliphatic rings. The van der Waals surface area contributed by atoms with Crippen LogP contribution in [0.15, 0.2) is 51.8 Å². The van der Waals surface area contributed by atoms with Crippen LogP contribution in [0.25, 0.3) is 0 Å². The van der Waals surface area contributed by atoms with Gasteiger partial charge in [-0.2, -0.15) is 4.31 Å². The molecule has 2 aromatic carbocycles. The van der Waals surface area contributed by atoms with Gasteiger partial charge in [0.25, 0.3) is 0 Å². The Bertz CT molecular complexity index is 882. The van der Waals surface area contributed by atoms with Gasteiger partial charge in [0, 0.05) is 22.3 Å². The summed E-state index contributed by atoms with van der Waals surface area (Å²) in [6.45, 7) is 4.67. The van der Waals surface area contributed by atoms with Crippen molar-refractivity contribution in [2.24, 2.45) is 0 Å². The van der Waals surface area contributed by atoms with Crippen molar-refractivity contribution in [1.82, 2.24) is 4.31 Å². The molecule has 1 heterocycles. The number of methoxy groups -OCH3 is 1. The Hall–Kier alpha value is -1.02. The fourth-order valence-electron chi connectivity index (χ4n) is 3.00. The number of ether oxygens (including phenoxy) is 1. The van der Waals surface area contributed by atoms with Crippen LogP contribution in [-0.4, -0.2) is 32.1 Å². The molecule has 140 valence electrons. The summed E-state index contributed by atoms with van der Waals surface area (Å²) in [6.07, 6.45) is 0. The highest BCUT2D eigenvalue weighted by molar-refractivity contribution is 9.10. The fourth-order valence-corrected chi connectivity index (χ4v) is 6.63. The third kappa shape index (κ3) is 3.81. The van der Waals surface area contributed by atoms with Gasteiger partial charge < -0.3 is 4.74 Å². The molecule has 1 aliphatic heterocycles. The number of halogens is 1. The maximum Gasteiger partial charge on any atom is 0.244 e. The molecule has 0 bridgehead atoms. The normalized spacial score (nSPS) is 18.4. The summed E-state index contributed by atoms with van der Waals surface area (Å²) < 4.78 is 34.4. The molecule has 0 amide bonds. The molecule has 7 heteroatoms. The van der Waals surface area contributed by atoms with Crippen LogP contribution < -0.4 is 4.74 Å². The first-order valence-electron chi connectivity index (χ1n) is 8.41. The van der Waals surface area contributed by atoms with Crippen molar-refractivity contribution in [1.29, 1.82) is 0 Å². The number of hydrogen-bond acceptors (Lipinski definition) is 4. The lowest BCUT2D eigenvalue weighted by atomic mass is 10.0. The summed E-state index contributed by atoms with van der Waals surface area (Å²) in [5, 5.41) is -0.294. The molecule has 26 heavy (non-hydrogen) atoms. The summed E-state index contributed by atoms with van der Waals surface area (Å²) in [7, 11) is -1.97. The molecule has 1 fully saturated rings. The van der Waals surface area contributed by atoms with Gasteiger partial charge >= 0.3 is 0 Å². The van der Waals surface area contributed by atoms with Crippen LogP contribution in [0.3, 0.4) is 0 Å². The van der Waals surface area contributed by atoms with E-state index >= 15 is 0 Å². The van der Waals surface area contributed by atoms with Crippen molar-refractivity contribution in [2.45, 2.75) is 30.0 Å². The highest BCUT2D eigenvalue weighted by atomic mass is 79.9. The average molecular weight is 456 g/mol. The van der Waals surface area contributed by atoms with E-state index in [1.165, 1.54) is 0 Å². The van der Waals surface area contributed by atoms with E-state index in [0.717, 1.165) is 21.4 Å². The molecule has 3 rings (SSSR count). The summed E-state index contributed by atoms with van der Waals surface area (Å²) in [4.78, 5) is 0.336. The van der Waals surface area contributed by atoms with Crippen LogP contribution >= 0.6 is 27.7 Å². The summed E-state index contributed by atoms with van der Waals surface area (Å²) >= 11 is 5.09. The van der Waals surface area contributed by atoms with E-state index in [-0.39, 0.29) is 5.37 Å². The molecule has 0 unspecified atom stereocenters. The standard InChI is InChI=1S/C19H22BrNO3S2/c1-13(2)14-4-7-16(8-5-14)26(22,23)21-10-11-25-19(21)17-12-15(20)6-9-18(17)24-3/h4-9,12-13,19H,10-11H2,1-3H3/t19-/m0/s1. The lowest BCUT2D eigenvalue weighted by Crippen LogP contribution is -2.30. The van der Waals surface area contributed by atoms with E-state index in [0.29, 0.717) is 23.1 Å². The van der Waals surface area contributed by atoms with Gasteiger partial charge in [0.1, 0.15) is 5.75 Å². The highest BCUT2D eigenvalue weighted by Crippen LogP contribution is 2.45. The zero-order valence-corrected chi connectivity index (χ0v) is 18.2. The van der Waals surface area contributed by atoms with Gasteiger partial charge in [0.15, 0.2) is 0 Å². The quantitative estimate of drug-likeness (QED) is 0.634. The van der Waals surface area contributed by atoms with Gasteiger partial charge in [-0.05, 0) is 41.8 Å². The molecular formula is C19H22BrNO3S2. The van der Waals surface area contributed by atoms with Gasteiger partial charge in [0.05, 0.1) is 17.4 Å². The van der Waals surface area contributed by atoms with Crippen molar-refractivity contribution in [2.75, 3.05) is 19.4 Å². The van der Waals surface area contributed by atoms with Gasteiger partial charge in [-0.3, -0.25) is 0 Å². The first-order valence-corrected chi connectivity index (χ1v) is 11.7. The number of rotatable bonds is 5. The average Bonchev–Trinajstić information content (AvgIpc) is 3.12. The van der Waals surface area contributed by atoms with E-state index in [9.17, 15) is 8.42 Å². The van der Waals surface area contributed by atoms with E-state index in [1.54, 1.807) is 35.3 Å². The molecule has 1 atom stereocenters. The summed E-state index contributed by atoms with van der Waals surface area (Å²) in [5.41, 5.74) is 2.00. The van der Waals surface area contributed by atoms with Crippen molar-refractivity contribution in [3.05, 3.63) is 58.1 Å². The number of benzene rings is 2. The maximum absolute atomic E-state index is 13.2. The van der Waals surface area contributed by atoms with Crippen LogP contribution in [0.5, 0.6) is 5.75 Å². The van der Waals surface area contributed by atoms with Crippen LogP contribution in [-0.2, 0) is 10.0 Å². The first-order chi connectivity index (χ1) is 12.3. The zero-order valence-electron chi connectivity index (χ0n) is 15.0. The van der Waals surface area contributed by atoms with Gasteiger partial charge in [-0.1, -0.05) is 41.9 Å². The van der Waals surface area contributed by atoms with E-state index in [2.05, 4.69) is 29.8 Å². The minimum absolute atomic E-state index is 0.294. The number of hydrogen-bond donors (Lipinski definition) is 0. The Morgan fingerprint density at radius 3 is 2.50 bits per heavy atom. The smallest absolute Gasteiger partial charge is 0.244 e. The lowest BCUT2D eigenvalue weighted by molar-refractivity contribution is 0.390. The Balaban J connectivity index is 1.98. The SMILES string of the molecule is COc1ccc(Br)cc1[C@@H]1SCCN1S(=O)(=O)c1ccc(C(C)C)cc1. The molecule has 0 N–H and O–H groups in total. The van der Waals surface area contributed by atoms with Crippen molar-refractivity contribution < 1.29 is 13.2 Å². The summed E-state index contributed by atoms with van der Waals surface area (Å²) in [5.74, 6) is 1.82. The second-order valence-corrected chi connectivity index (χ2v) is 10.4. The van der Waals surface area contributed by atoms with Crippen LogP contribution in [0.4, 0.5) is 0 Å².